The Bertz CT molecular complexity index is 982. The largest absolute Gasteiger partial charge is 0.494 e. The van der Waals surface area contributed by atoms with Crippen molar-refractivity contribution in [3.05, 3.63) is 64.7 Å². The number of hydrogen-bond donors (Lipinski definition) is 1. The number of carbonyl (C=O) groups excluding carboxylic acids is 1. The number of aromatic amines is 1. The van der Waals surface area contributed by atoms with Gasteiger partial charge in [0.15, 0.2) is 0 Å². The second kappa shape index (κ2) is 9.55. The third kappa shape index (κ3) is 5.33. The third-order valence-corrected chi connectivity index (χ3v) is 3.98. The summed E-state index contributed by atoms with van der Waals surface area (Å²) in [5.74, 6) is 1.55. The van der Waals surface area contributed by atoms with Crippen molar-refractivity contribution in [3.8, 4) is 11.5 Å². The molecule has 0 amide bonds. The molecule has 0 aliphatic rings. The fraction of sp³-hybridized carbons (Fsp3) is 0.286. The van der Waals surface area contributed by atoms with Crippen LogP contribution in [0.2, 0.25) is 0 Å². The average molecular weight is 382 g/mol. The molecule has 1 aromatic heterocycles. The van der Waals surface area contributed by atoms with Crippen LogP contribution in [0.25, 0.3) is 10.9 Å². The number of carbonyl (C=O) groups is 1. The van der Waals surface area contributed by atoms with Crippen LogP contribution in [0.4, 0.5) is 0 Å². The summed E-state index contributed by atoms with van der Waals surface area (Å²) in [6, 6.07) is 14.3. The van der Waals surface area contributed by atoms with Gasteiger partial charge in [-0.05, 0) is 43.3 Å². The maximum Gasteiger partial charge on any atom is 0.306 e. The molecule has 0 radical (unpaired) electrons. The highest BCUT2D eigenvalue weighted by molar-refractivity contribution is 5.77. The van der Waals surface area contributed by atoms with Gasteiger partial charge in [0.05, 0.1) is 23.9 Å². The van der Waals surface area contributed by atoms with Crippen LogP contribution < -0.4 is 15.0 Å². The van der Waals surface area contributed by atoms with Crippen LogP contribution in [-0.2, 0) is 16.0 Å². The maximum absolute atomic E-state index is 12.0. The fourth-order valence-corrected chi connectivity index (χ4v) is 2.66. The Hall–Kier alpha value is -3.35. The number of H-pyrrole nitrogens is 1. The van der Waals surface area contributed by atoms with E-state index >= 15 is 0 Å². The minimum Gasteiger partial charge on any atom is -0.494 e. The number of hydrogen-bond acceptors (Lipinski definition) is 6. The second-order valence-electron chi connectivity index (χ2n) is 6.00. The van der Waals surface area contributed by atoms with Crippen LogP contribution in [0.15, 0.2) is 53.3 Å². The highest BCUT2D eigenvalue weighted by atomic mass is 16.6. The maximum atomic E-state index is 12.0. The molecule has 7 heteroatoms. The van der Waals surface area contributed by atoms with Crippen molar-refractivity contribution in [1.82, 2.24) is 9.97 Å². The van der Waals surface area contributed by atoms with Crippen molar-refractivity contribution in [2.45, 2.75) is 19.8 Å². The summed E-state index contributed by atoms with van der Waals surface area (Å²) >= 11 is 0. The van der Waals surface area contributed by atoms with Gasteiger partial charge in [0, 0.05) is 6.42 Å². The van der Waals surface area contributed by atoms with Crippen molar-refractivity contribution in [3.63, 3.8) is 0 Å². The van der Waals surface area contributed by atoms with E-state index in [1.807, 2.05) is 25.1 Å². The van der Waals surface area contributed by atoms with Crippen LogP contribution in [0, 0.1) is 0 Å². The van der Waals surface area contributed by atoms with Crippen molar-refractivity contribution >= 4 is 16.9 Å². The predicted octanol–water partition coefficient (Wildman–Crippen LogP) is 2.88. The van der Waals surface area contributed by atoms with Crippen molar-refractivity contribution in [1.29, 1.82) is 0 Å². The number of ether oxygens (including phenoxy) is 3. The molecular weight excluding hydrogens is 360 g/mol. The Morgan fingerprint density at radius 2 is 1.71 bits per heavy atom. The van der Waals surface area contributed by atoms with Gasteiger partial charge in [-0.3, -0.25) is 9.59 Å². The van der Waals surface area contributed by atoms with E-state index in [9.17, 15) is 9.59 Å². The van der Waals surface area contributed by atoms with E-state index in [2.05, 4.69) is 9.97 Å². The molecule has 3 rings (SSSR count). The van der Waals surface area contributed by atoms with Gasteiger partial charge in [-0.1, -0.05) is 12.1 Å². The first kappa shape index (κ1) is 19.4. The van der Waals surface area contributed by atoms with Crippen LogP contribution in [0.5, 0.6) is 11.5 Å². The van der Waals surface area contributed by atoms with Gasteiger partial charge in [-0.15, -0.1) is 0 Å². The molecule has 28 heavy (non-hydrogen) atoms. The molecule has 2 aromatic carbocycles. The van der Waals surface area contributed by atoms with Gasteiger partial charge in [0.1, 0.15) is 30.5 Å². The molecule has 0 bridgehead atoms. The molecule has 3 aromatic rings. The molecule has 1 heterocycles. The number of benzene rings is 2. The summed E-state index contributed by atoms with van der Waals surface area (Å²) in [4.78, 5) is 31.0. The zero-order chi connectivity index (χ0) is 19.8. The lowest BCUT2D eigenvalue weighted by atomic mass is 10.2. The van der Waals surface area contributed by atoms with E-state index in [0.717, 1.165) is 5.75 Å². The van der Waals surface area contributed by atoms with E-state index in [1.165, 1.54) is 0 Å². The van der Waals surface area contributed by atoms with E-state index in [0.29, 0.717) is 35.5 Å². The fourth-order valence-electron chi connectivity index (χ4n) is 2.66. The molecule has 1 N–H and O–H groups in total. The number of nitrogens with one attached hydrogen (secondary N) is 1. The second-order valence-corrected chi connectivity index (χ2v) is 6.00. The number of aryl methyl sites for hydroxylation is 1. The molecule has 0 unspecified atom stereocenters. The quantitative estimate of drug-likeness (QED) is 0.452. The molecule has 0 aliphatic carbocycles. The molecule has 146 valence electrons. The molecule has 0 atom stereocenters. The number of para-hydroxylation sites is 1. The van der Waals surface area contributed by atoms with E-state index in [4.69, 9.17) is 14.2 Å². The Kier molecular flexibility index (Phi) is 6.62. The number of esters is 1. The zero-order valence-corrected chi connectivity index (χ0v) is 15.6. The standard InChI is InChI=1S/C21H22N2O5/c1-2-26-15-7-9-16(10-8-15)27-13-14-28-20(24)12-11-19-22-18-6-4-3-5-17(18)21(25)23-19/h3-10H,2,11-14H2,1H3,(H,22,23,25). The minimum atomic E-state index is -0.369. The molecule has 7 nitrogen and oxygen atoms in total. The Morgan fingerprint density at radius 3 is 2.46 bits per heavy atom. The van der Waals surface area contributed by atoms with E-state index in [-0.39, 0.29) is 31.2 Å². The molecule has 0 aliphatic heterocycles. The first-order valence-electron chi connectivity index (χ1n) is 9.15. The highest BCUT2D eigenvalue weighted by Crippen LogP contribution is 2.17. The number of rotatable bonds is 9. The minimum absolute atomic E-state index is 0.129. The molecule has 0 fully saturated rings. The predicted molar refractivity (Wildman–Crippen MR) is 105 cm³/mol. The molecule has 0 saturated heterocycles. The van der Waals surface area contributed by atoms with Crippen LogP contribution >= 0.6 is 0 Å². The van der Waals surface area contributed by atoms with Crippen LogP contribution in [0.1, 0.15) is 19.2 Å². The number of nitrogens with zero attached hydrogens (tertiary/aromatic N) is 1. The van der Waals surface area contributed by atoms with Gasteiger partial charge < -0.3 is 19.2 Å². The van der Waals surface area contributed by atoms with Crippen LogP contribution in [-0.4, -0.2) is 35.8 Å². The van der Waals surface area contributed by atoms with Crippen molar-refractivity contribution in [2.75, 3.05) is 19.8 Å². The van der Waals surface area contributed by atoms with E-state index in [1.54, 1.807) is 30.3 Å². The summed E-state index contributed by atoms with van der Waals surface area (Å²) in [6.07, 6.45) is 0.434. The average Bonchev–Trinajstić information content (AvgIpc) is 2.71. The lowest BCUT2D eigenvalue weighted by Crippen LogP contribution is -2.15. The van der Waals surface area contributed by atoms with Gasteiger partial charge in [-0.25, -0.2) is 4.98 Å². The summed E-state index contributed by atoms with van der Waals surface area (Å²) in [7, 11) is 0. The first-order chi connectivity index (χ1) is 13.7. The summed E-state index contributed by atoms with van der Waals surface area (Å²) in [5, 5.41) is 0.528. The number of aromatic nitrogens is 2. The third-order valence-electron chi connectivity index (χ3n) is 3.98. The Morgan fingerprint density at radius 1 is 1.00 bits per heavy atom. The van der Waals surface area contributed by atoms with Crippen LogP contribution in [0.3, 0.4) is 0 Å². The lowest BCUT2D eigenvalue weighted by molar-refractivity contribution is -0.144. The molecule has 0 saturated carbocycles. The summed E-state index contributed by atoms with van der Waals surface area (Å²) in [6.45, 7) is 2.93. The van der Waals surface area contributed by atoms with Gasteiger partial charge >= 0.3 is 5.97 Å². The SMILES string of the molecule is CCOc1ccc(OCCOC(=O)CCc2nc3ccccc3c(=O)[nH]2)cc1. The first-order valence-corrected chi connectivity index (χ1v) is 9.15. The molecular formula is C21H22N2O5. The van der Waals surface area contributed by atoms with Crippen molar-refractivity contribution < 1.29 is 19.0 Å². The van der Waals surface area contributed by atoms with E-state index < -0.39 is 0 Å². The Balaban J connectivity index is 1.40. The van der Waals surface area contributed by atoms with Gasteiger partial charge in [0.25, 0.3) is 5.56 Å². The summed E-state index contributed by atoms with van der Waals surface area (Å²) in [5.41, 5.74) is 0.399. The zero-order valence-electron chi connectivity index (χ0n) is 15.6. The molecule has 0 spiro atoms. The number of fused-ring (bicyclic) bond motifs is 1. The smallest absolute Gasteiger partial charge is 0.306 e. The normalized spacial score (nSPS) is 10.6. The summed E-state index contributed by atoms with van der Waals surface area (Å²) < 4.78 is 16.0. The Labute approximate surface area is 162 Å². The highest BCUT2D eigenvalue weighted by Gasteiger charge is 2.08. The lowest BCUT2D eigenvalue weighted by Gasteiger charge is -2.08. The van der Waals surface area contributed by atoms with Gasteiger partial charge in [0.2, 0.25) is 0 Å². The topological polar surface area (TPSA) is 90.5 Å². The monoisotopic (exact) mass is 382 g/mol. The van der Waals surface area contributed by atoms with Crippen molar-refractivity contribution in [2.24, 2.45) is 0 Å². The van der Waals surface area contributed by atoms with Gasteiger partial charge in [-0.2, -0.15) is 0 Å².